The zero-order valence-corrected chi connectivity index (χ0v) is 4.14. The van der Waals surface area contributed by atoms with Crippen LogP contribution in [0.3, 0.4) is 0 Å². The van der Waals surface area contributed by atoms with Crippen molar-refractivity contribution >= 4 is 0 Å². The number of rotatable bonds is 1. The molecule has 0 aliphatic heterocycles. The molecule has 7 heavy (non-hydrogen) atoms. The molecule has 2 heteroatoms. The quantitative estimate of drug-likeness (QED) is 0.522. The minimum absolute atomic E-state index is 0.819. The summed E-state index contributed by atoms with van der Waals surface area (Å²) in [4.78, 5) is 0. The molecule has 1 radical (unpaired) electrons. The molecule has 0 N–H and O–H groups in total. The predicted molar refractivity (Wildman–Crippen MR) is 24.7 cm³/mol. The van der Waals surface area contributed by atoms with E-state index >= 15 is 0 Å². The summed E-state index contributed by atoms with van der Waals surface area (Å²) in [6, 6.07) is 2.81. The van der Waals surface area contributed by atoms with Crippen molar-refractivity contribution in [1.29, 1.82) is 0 Å². The lowest BCUT2D eigenvalue weighted by Crippen LogP contribution is -1.68. The van der Waals surface area contributed by atoms with Crippen molar-refractivity contribution < 1.29 is 4.52 Å². The number of nitrogens with zero attached hydrogens (tertiary/aromatic N) is 1. The molecule has 1 rings (SSSR count). The van der Waals surface area contributed by atoms with Crippen LogP contribution in [0.25, 0.3) is 0 Å². The van der Waals surface area contributed by atoms with Crippen LogP contribution in [-0.4, -0.2) is 5.16 Å². The van der Waals surface area contributed by atoms with E-state index in [1.54, 1.807) is 0 Å². The average molecular weight is 96.1 g/mol. The molecule has 0 aliphatic rings. The molecule has 1 aromatic heterocycles. The molecule has 0 atom stereocenters. The molecule has 37 valence electrons. The van der Waals surface area contributed by atoms with Crippen molar-refractivity contribution in [2.24, 2.45) is 0 Å². The van der Waals surface area contributed by atoms with Crippen molar-refractivity contribution in [3.05, 3.63) is 18.0 Å². The molecule has 0 unspecified atom stereocenters. The van der Waals surface area contributed by atoms with Crippen molar-refractivity contribution in [2.75, 3.05) is 0 Å². The fraction of sp³-hybridized carbons (Fsp3) is 0.400. The summed E-state index contributed by atoms with van der Waals surface area (Å²) in [5.74, 6) is 0.819. The molecule has 0 spiro atoms. The monoisotopic (exact) mass is 96.0 g/mol. The average Bonchev–Trinajstić information content (AvgIpc) is 2.14. The Balaban J connectivity index is 2.76. The standard InChI is InChI=1S/C5H6NO/c1-2-5-3-4-6-7-5/h4H,2H2,1H3. The Hall–Kier alpha value is -0.790. The summed E-state index contributed by atoms with van der Waals surface area (Å²) >= 11 is 0. The van der Waals surface area contributed by atoms with Gasteiger partial charge in [0, 0.05) is 12.5 Å². The van der Waals surface area contributed by atoms with Crippen molar-refractivity contribution in [1.82, 2.24) is 5.16 Å². The van der Waals surface area contributed by atoms with Crippen molar-refractivity contribution in [2.45, 2.75) is 13.3 Å². The first kappa shape index (κ1) is 4.37. The van der Waals surface area contributed by atoms with Crippen molar-refractivity contribution in [3.8, 4) is 0 Å². The van der Waals surface area contributed by atoms with Crippen LogP contribution in [0, 0.1) is 6.07 Å². The fourth-order valence-corrected chi connectivity index (χ4v) is 0.381. The molecular weight excluding hydrogens is 90.1 g/mol. The van der Waals surface area contributed by atoms with Crippen LogP contribution >= 0.6 is 0 Å². The van der Waals surface area contributed by atoms with Gasteiger partial charge in [0.2, 0.25) is 0 Å². The Morgan fingerprint density at radius 2 is 2.86 bits per heavy atom. The zero-order chi connectivity index (χ0) is 5.11. The lowest BCUT2D eigenvalue weighted by Gasteiger charge is -1.75. The van der Waals surface area contributed by atoms with E-state index in [1.165, 1.54) is 6.20 Å². The number of aryl methyl sites for hydroxylation is 1. The maximum Gasteiger partial charge on any atom is 0.144 e. The second-order valence-electron chi connectivity index (χ2n) is 1.25. The van der Waals surface area contributed by atoms with Crippen LogP contribution in [-0.2, 0) is 6.42 Å². The molecule has 0 saturated heterocycles. The summed E-state index contributed by atoms with van der Waals surface area (Å²) in [6.45, 7) is 2.00. The molecule has 0 aliphatic carbocycles. The number of hydrogen-bond donors (Lipinski definition) is 0. The topological polar surface area (TPSA) is 26.0 Å². The Labute approximate surface area is 42.1 Å². The van der Waals surface area contributed by atoms with Gasteiger partial charge in [0.15, 0.2) is 0 Å². The second kappa shape index (κ2) is 1.78. The van der Waals surface area contributed by atoms with Gasteiger partial charge in [-0.1, -0.05) is 12.1 Å². The molecule has 2 nitrogen and oxygen atoms in total. The van der Waals surface area contributed by atoms with Gasteiger partial charge in [-0.15, -0.1) is 0 Å². The Morgan fingerprint density at radius 1 is 2.00 bits per heavy atom. The van der Waals surface area contributed by atoms with Gasteiger partial charge in [0.1, 0.15) is 5.76 Å². The largest absolute Gasteiger partial charge is 0.361 e. The minimum Gasteiger partial charge on any atom is -0.361 e. The van der Waals surface area contributed by atoms with E-state index in [-0.39, 0.29) is 0 Å². The predicted octanol–water partition coefficient (Wildman–Crippen LogP) is 1.04. The molecule has 1 aromatic rings. The molecule has 0 saturated carbocycles. The van der Waals surface area contributed by atoms with Crippen LogP contribution in [0.4, 0.5) is 0 Å². The highest BCUT2D eigenvalue weighted by molar-refractivity contribution is 4.88. The fourth-order valence-electron chi connectivity index (χ4n) is 0.381. The highest BCUT2D eigenvalue weighted by atomic mass is 16.5. The van der Waals surface area contributed by atoms with Gasteiger partial charge in [0.05, 0.1) is 6.20 Å². The third kappa shape index (κ3) is 0.796. The molecule has 0 amide bonds. The number of hydrogen-bond acceptors (Lipinski definition) is 2. The summed E-state index contributed by atoms with van der Waals surface area (Å²) in [7, 11) is 0. The number of aromatic nitrogens is 1. The van der Waals surface area contributed by atoms with E-state index in [0.717, 1.165) is 12.2 Å². The maximum atomic E-state index is 4.68. The highest BCUT2D eigenvalue weighted by Crippen LogP contribution is 1.93. The SMILES string of the molecule is CCc1[c]cno1. The van der Waals surface area contributed by atoms with Crippen LogP contribution in [0.1, 0.15) is 12.7 Å². The Kier molecular flexibility index (Phi) is 1.11. The van der Waals surface area contributed by atoms with Gasteiger partial charge < -0.3 is 4.52 Å². The van der Waals surface area contributed by atoms with Crippen LogP contribution in [0.15, 0.2) is 10.7 Å². The Bertz CT molecular complexity index is 123. The van der Waals surface area contributed by atoms with E-state index < -0.39 is 0 Å². The van der Waals surface area contributed by atoms with E-state index in [2.05, 4.69) is 15.7 Å². The first-order valence-corrected chi connectivity index (χ1v) is 2.24. The second-order valence-corrected chi connectivity index (χ2v) is 1.25. The third-order valence-electron chi connectivity index (χ3n) is 0.762. The highest BCUT2D eigenvalue weighted by Gasteiger charge is 1.87. The summed E-state index contributed by atoms with van der Waals surface area (Å²) in [5, 5.41) is 3.46. The van der Waals surface area contributed by atoms with Crippen LogP contribution in [0.5, 0.6) is 0 Å². The molecule has 0 aromatic carbocycles. The van der Waals surface area contributed by atoms with Gasteiger partial charge in [-0.25, -0.2) is 0 Å². The molecule has 0 fully saturated rings. The minimum atomic E-state index is 0.819. The van der Waals surface area contributed by atoms with E-state index in [0.29, 0.717) is 0 Å². The van der Waals surface area contributed by atoms with Crippen molar-refractivity contribution in [3.63, 3.8) is 0 Å². The van der Waals surface area contributed by atoms with E-state index in [1.807, 2.05) is 6.92 Å². The van der Waals surface area contributed by atoms with Gasteiger partial charge in [-0.2, -0.15) is 0 Å². The zero-order valence-electron chi connectivity index (χ0n) is 4.14. The molecular formula is C5H6NO. The third-order valence-corrected chi connectivity index (χ3v) is 0.762. The maximum absolute atomic E-state index is 4.68. The van der Waals surface area contributed by atoms with Crippen LogP contribution in [0.2, 0.25) is 0 Å². The van der Waals surface area contributed by atoms with Gasteiger partial charge in [-0.3, -0.25) is 0 Å². The van der Waals surface area contributed by atoms with Gasteiger partial charge >= 0.3 is 0 Å². The van der Waals surface area contributed by atoms with E-state index in [4.69, 9.17) is 0 Å². The summed E-state index contributed by atoms with van der Waals surface area (Å²) in [6.07, 6.45) is 2.40. The molecule has 1 heterocycles. The summed E-state index contributed by atoms with van der Waals surface area (Å²) in [5.41, 5.74) is 0. The van der Waals surface area contributed by atoms with Crippen LogP contribution < -0.4 is 0 Å². The first-order chi connectivity index (χ1) is 3.43. The lowest BCUT2D eigenvalue weighted by molar-refractivity contribution is 0.386. The lowest BCUT2D eigenvalue weighted by atomic mass is 10.4. The van der Waals surface area contributed by atoms with Gasteiger partial charge in [0.25, 0.3) is 0 Å². The smallest absolute Gasteiger partial charge is 0.144 e. The summed E-state index contributed by atoms with van der Waals surface area (Å²) < 4.78 is 4.68. The first-order valence-electron chi connectivity index (χ1n) is 2.24. The normalized spacial score (nSPS) is 9.29. The Morgan fingerprint density at radius 3 is 3.14 bits per heavy atom. The van der Waals surface area contributed by atoms with E-state index in [9.17, 15) is 0 Å². The molecule has 0 bridgehead atoms. The van der Waals surface area contributed by atoms with Gasteiger partial charge in [-0.05, 0) is 0 Å².